The van der Waals surface area contributed by atoms with Crippen LogP contribution in [0.3, 0.4) is 0 Å². The van der Waals surface area contributed by atoms with Gasteiger partial charge in [-0.3, -0.25) is 10.1 Å². The minimum Gasteiger partial charge on any atom is -0.340 e. The van der Waals surface area contributed by atoms with Gasteiger partial charge in [0.05, 0.1) is 22.8 Å². The number of nitrogens with one attached hydrogen (secondary N) is 2. The Morgan fingerprint density at radius 2 is 1.91 bits per heavy atom. The first-order valence-corrected chi connectivity index (χ1v) is 11.4. The first-order chi connectivity index (χ1) is 16.0. The van der Waals surface area contributed by atoms with Crippen molar-refractivity contribution in [2.45, 2.75) is 46.1 Å². The third kappa shape index (κ3) is 4.06. The molecule has 1 amide bonds. The highest BCUT2D eigenvalue weighted by atomic mass is 16.1. The summed E-state index contributed by atoms with van der Waals surface area (Å²) in [6, 6.07) is 9.96. The summed E-state index contributed by atoms with van der Waals surface area (Å²) in [5.41, 5.74) is 3.99. The quantitative estimate of drug-likeness (QED) is 0.474. The van der Waals surface area contributed by atoms with Gasteiger partial charge in [0.15, 0.2) is 5.65 Å². The molecule has 1 aliphatic heterocycles. The van der Waals surface area contributed by atoms with Gasteiger partial charge in [0.25, 0.3) is 5.91 Å². The van der Waals surface area contributed by atoms with Crippen molar-refractivity contribution in [1.82, 2.24) is 29.9 Å². The molecule has 4 aromatic rings. The zero-order chi connectivity index (χ0) is 22.9. The molecular formula is C24H28N8O. The fourth-order valence-electron chi connectivity index (χ4n) is 4.30. The molecule has 9 nitrogen and oxygen atoms in total. The Balaban J connectivity index is 1.52. The normalized spacial score (nSPS) is 14.2. The monoisotopic (exact) mass is 444 g/mol. The van der Waals surface area contributed by atoms with Crippen LogP contribution >= 0.6 is 0 Å². The molecule has 1 fully saturated rings. The zero-order valence-corrected chi connectivity index (χ0v) is 19.2. The predicted molar refractivity (Wildman–Crippen MR) is 128 cm³/mol. The van der Waals surface area contributed by atoms with Gasteiger partial charge in [0.2, 0.25) is 11.9 Å². The number of carbonyl (C=O) groups excluding carboxylic acids is 1. The third-order valence-electron chi connectivity index (χ3n) is 6.07. The van der Waals surface area contributed by atoms with Crippen LogP contribution in [0.1, 0.15) is 55.1 Å². The van der Waals surface area contributed by atoms with Gasteiger partial charge in [0, 0.05) is 24.7 Å². The van der Waals surface area contributed by atoms with Gasteiger partial charge in [-0.2, -0.15) is 10.1 Å². The van der Waals surface area contributed by atoms with Gasteiger partial charge in [-0.25, -0.2) is 14.8 Å². The SMILES string of the molecule is Cc1ccccc1-c1cc(C(=O)Nc2nc(N3CCCCC3)n[nH]2)c2cnn(C(C)C)c2n1. The topological polar surface area (TPSA) is 105 Å². The molecule has 9 heteroatoms. The van der Waals surface area contributed by atoms with Crippen molar-refractivity contribution in [3.63, 3.8) is 0 Å². The van der Waals surface area contributed by atoms with Crippen molar-refractivity contribution in [2.75, 3.05) is 23.3 Å². The molecule has 0 atom stereocenters. The number of aromatic nitrogens is 6. The number of nitrogens with zero attached hydrogens (tertiary/aromatic N) is 6. The highest BCUT2D eigenvalue weighted by molar-refractivity contribution is 6.12. The Hall–Kier alpha value is -3.75. The fourth-order valence-corrected chi connectivity index (χ4v) is 4.30. The number of H-pyrrole nitrogens is 1. The van der Waals surface area contributed by atoms with Crippen molar-refractivity contribution in [3.05, 3.63) is 47.7 Å². The second kappa shape index (κ2) is 8.65. The Morgan fingerprint density at radius 3 is 2.67 bits per heavy atom. The van der Waals surface area contributed by atoms with Gasteiger partial charge < -0.3 is 4.90 Å². The number of rotatable bonds is 5. The Morgan fingerprint density at radius 1 is 1.12 bits per heavy atom. The predicted octanol–water partition coefficient (Wildman–Crippen LogP) is 4.35. The number of fused-ring (bicyclic) bond motifs is 1. The summed E-state index contributed by atoms with van der Waals surface area (Å²) >= 11 is 0. The highest BCUT2D eigenvalue weighted by Crippen LogP contribution is 2.28. The van der Waals surface area contributed by atoms with E-state index in [0.717, 1.165) is 42.8 Å². The summed E-state index contributed by atoms with van der Waals surface area (Å²) in [6.07, 6.45) is 5.20. The smallest absolute Gasteiger partial charge is 0.258 e. The average Bonchev–Trinajstić information content (AvgIpc) is 3.46. The van der Waals surface area contributed by atoms with Gasteiger partial charge >= 0.3 is 0 Å². The van der Waals surface area contributed by atoms with Gasteiger partial charge in [-0.15, -0.1) is 5.10 Å². The van der Waals surface area contributed by atoms with Crippen LogP contribution in [0.4, 0.5) is 11.9 Å². The Labute approximate surface area is 192 Å². The minimum absolute atomic E-state index is 0.111. The standard InChI is InChI=1S/C24H28N8O/c1-15(2)32-21-19(14-25-32)18(13-20(26-21)17-10-6-5-9-16(17)3)22(33)27-23-28-24(30-29-23)31-11-7-4-8-12-31/h5-6,9-10,13-15H,4,7-8,11-12H2,1-3H3,(H2,27,28,29,30,33). The molecule has 0 unspecified atom stereocenters. The molecule has 3 aromatic heterocycles. The number of hydrogen-bond donors (Lipinski definition) is 2. The molecule has 33 heavy (non-hydrogen) atoms. The van der Waals surface area contributed by atoms with E-state index in [1.807, 2.05) is 55.8 Å². The number of aryl methyl sites for hydroxylation is 1. The maximum Gasteiger partial charge on any atom is 0.258 e. The Bertz CT molecular complexity index is 1300. The van der Waals surface area contributed by atoms with E-state index in [-0.39, 0.29) is 11.9 Å². The summed E-state index contributed by atoms with van der Waals surface area (Å²) in [7, 11) is 0. The first kappa shape index (κ1) is 21.1. The molecule has 1 saturated heterocycles. The molecule has 0 aliphatic carbocycles. The number of hydrogen-bond acceptors (Lipinski definition) is 6. The molecule has 0 bridgehead atoms. The number of pyridine rings is 1. The van der Waals surface area contributed by atoms with Crippen molar-refractivity contribution < 1.29 is 4.79 Å². The summed E-state index contributed by atoms with van der Waals surface area (Å²) in [5, 5.41) is 15.2. The van der Waals surface area contributed by atoms with Gasteiger partial charge in [-0.1, -0.05) is 24.3 Å². The van der Waals surface area contributed by atoms with E-state index in [0.29, 0.717) is 28.5 Å². The molecule has 0 saturated carbocycles. The van der Waals surface area contributed by atoms with Crippen molar-refractivity contribution in [2.24, 2.45) is 0 Å². The first-order valence-electron chi connectivity index (χ1n) is 11.4. The van der Waals surface area contributed by atoms with Crippen LogP contribution in [-0.4, -0.2) is 48.9 Å². The lowest BCUT2D eigenvalue weighted by atomic mass is 10.0. The lowest BCUT2D eigenvalue weighted by Gasteiger charge is -2.24. The molecule has 0 radical (unpaired) electrons. The molecule has 5 rings (SSSR count). The molecule has 1 aliphatic rings. The summed E-state index contributed by atoms with van der Waals surface area (Å²) < 4.78 is 1.84. The van der Waals surface area contributed by atoms with Gasteiger partial charge in [0.1, 0.15) is 0 Å². The largest absolute Gasteiger partial charge is 0.340 e. The summed E-state index contributed by atoms with van der Waals surface area (Å²) in [4.78, 5) is 24.9. The maximum absolute atomic E-state index is 13.4. The van der Waals surface area contributed by atoms with Crippen molar-refractivity contribution in [1.29, 1.82) is 0 Å². The van der Waals surface area contributed by atoms with Crippen molar-refractivity contribution in [3.8, 4) is 11.3 Å². The van der Waals surface area contributed by atoms with Crippen LogP contribution in [0.25, 0.3) is 22.3 Å². The second-order valence-electron chi connectivity index (χ2n) is 8.78. The third-order valence-corrected chi connectivity index (χ3v) is 6.07. The van der Waals surface area contributed by atoms with Crippen LogP contribution in [0.15, 0.2) is 36.5 Å². The van der Waals surface area contributed by atoms with Crippen molar-refractivity contribution >= 4 is 28.8 Å². The highest BCUT2D eigenvalue weighted by Gasteiger charge is 2.21. The molecule has 1 aromatic carbocycles. The minimum atomic E-state index is -0.276. The number of anilines is 2. The summed E-state index contributed by atoms with van der Waals surface area (Å²) in [6.45, 7) is 8.00. The lowest BCUT2D eigenvalue weighted by Crippen LogP contribution is -2.30. The Kier molecular flexibility index (Phi) is 5.53. The second-order valence-corrected chi connectivity index (χ2v) is 8.78. The van der Waals surface area contributed by atoms with E-state index in [1.54, 1.807) is 6.20 Å². The number of aromatic amines is 1. The molecule has 4 heterocycles. The summed E-state index contributed by atoms with van der Waals surface area (Å²) in [5.74, 6) is 0.680. The average molecular weight is 445 g/mol. The number of carbonyl (C=O) groups is 1. The van der Waals surface area contributed by atoms with Crippen LogP contribution < -0.4 is 10.2 Å². The molecule has 2 N–H and O–H groups in total. The molecule has 170 valence electrons. The number of benzene rings is 1. The van der Waals surface area contributed by atoms with E-state index in [9.17, 15) is 4.79 Å². The van der Waals surface area contributed by atoms with E-state index < -0.39 is 0 Å². The fraction of sp³-hybridized carbons (Fsp3) is 0.375. The number of piperidine rings is 1. The number of amides is 1. The van der Waals surface area contributed by atoms with E-state index >= 15 is 0 Å². The molecule has 0 spiro atoms. The maximum atomic E-state index is 13.4. The van der Waals surface area contributed by atoms with E-state index in [2.05, 4.69) is 30.5 Å². The van der Waals surface area contributed by atoms with Crippen LogP contribution in [0, 0.1) is 6.92 Å². The van der Waals surface area contributed by atoms with Crippen LogP contribution in [-0.2, 0) is 0 Å². The van der Waals surface area contributed by atoms with E-state index in [1.165, 1.54) is 6.42 Å². The van der Waals surface area contributed by atoms with Crippen LogP contribution in [0.5, 0.6) is 0 Å². The van der Waals surface area contributed by atoms with Gasteiger partial charge in [-0.05, 0) is 51.7 Å². The zero-order valence-electron chi connectivity index (χ0n) is 19.2. The molecular weight excluding hydrogens is 416 g/mol. The lowest BCUT2D eigenvalue weighted by molar-refractivity contribution is 0.102. The van der Waals surface area contributed by atoms with Crippen LogP contribution in [0.2, 0.25) is 0 Å². The van der Waals surface area contributed by atoms with E-state index in [4.69, 9.17) is 4.98 Å².